The second-order valence-corrected chi connectivity index (χ2v) is 3.34. The molecule has 0 aliphatic carbocycles. The molecular formula is C13H21ClN2. The topological polar surface area (TPSA) is 28.7 Å². The highest BCUT2D eigenvalue weighted by Crippen LogP contribution is 2.27. The minimum absolute atomic E-state index is 0.837. The average molecular weight is 241 g/mol. The molecule has 0 bridgehead atoms. The fourth-order valence-corrected chi connectivity index (χ4v) is 1.56. The Labute approximate surface area is 103 Å². The molecular weight excluding hydrogens is 220 g/mol. The summed E-state index contributed by atoms with van der Waals surface area (Å²) in [5, 5.41) is 8.82. The van der Waals surface area contributed by atoms with Crippen LogP contribution in [0, 0.1) is 13.8 Å². The number of hydrogen-bond donors (Lipinski definition) is 1. The average Bonchev–Trinajstić information content (AvgIpc) is 2.79. The molecule has 0 saturated carbocycles. The molecule has 0 aliphatic heterocycles. The number of nitrogens with zero attached hydrogens (tertiary/aromatic N) is 1. The maximum atomic E-state index is 6.07. The number of aryl methyl sites for hydroxylation is 2. The van der Waals surface area contributed by atoms with Crippen LogP contribution < -0.4 is 0 Å². The molecule has 0 atom stereocenters. The molecule has 1 N–H and O–H groups in total. The number of aromatic amines is 1. The highest BCUT2D eigenvalue weighted by atomic mass is 35.5. The number of H-pyrrole nitrogens is 1. The molecule has 0 saturated heterocycles. The second kappa shape index (κ2) is 7.29. The molecule has 0 unspecified atom stereocenters. The molecule has 0 aliphatic rings. The molecule has 0 spiro atoms. The molecule has 1 aromatic heterocycles. The van der Waals surface area contributed by atoms with Crippen molar-refractivity contribution in [3.63, 3.8) is 0 Å². The van der Waals surface area contributed by atoms with Gasteiger partial charge in [-0.1, -0.05) is 39.3 Å². The minimum Gasteiger partial charge on any atom is -0.278 e. The minimum atomic E-state index is 0.837. The zero-order valence-corrected chi connectivity index (χ0v) is 11.7. The standard InChI is InChI=1S/C9H9ClN2.2C2H6/c1-5-3-8-7(4-11-12-8)6(2)9(5)10;2*1-2/h3-4H,1-2H3,(H,11,12);2*1-2H3. The molecule has 3 heteroatoms. The third-order valence-corrected chi connectivity index (χ3v) is 2.69. The van der Waals surface area contributed by atoms with Crippen LogP contribution in [0.5, 0.6) is 0 Å². The Balaban J connectivity index is 0.000000509. The summed E-state index contributed by atoms with van der Waals surface area (Å²) in [6, 6.07) is 2.01. The first-order valence-electron chi connectivity index (χ1n) is 5.79. The van der Waals surface area contributed by atoms with Gasteiger partial charge in [-0.15, -0.1) is 0 Å². The third kappa shape index (κ3) is 2.99. The number of fused-ring (bicyclic) bond motifs is 1. The highest BCUT2D eigenvalue weighted by molar-refractivity contribution is 6.33. The van der Waals surface area contributed by atoms with Crippen molar-refractivity contribution in [3.05, 3.63) is 28.4 Å². The van der Waals surface area contributed by atoms with Crippen molar-refractivity contribution in [1.29, 1.82) is 0 Å². The van der Waals surface area contributed by atoms with E-state index in [2.05, 4.69) is 10.2 Å². The lowest BCUT2D eigenvalue weighted by Gasteiger charge is -2.02. The van der Waals surface area contributed by atoms with Gasteiger partial charge in [0.2, 0.25) is 0 Å². The summed E-state index contributed by atoms with van der Waals surface area (Å²) in [5.74, 6) is 0. The summed E-state index contributed by atoms with van der Waals surface area (Å²) in [4.78, 5) is 0. The monoisotopic (exact) mass is 240 g/mol. The lowest BCUT2D eigenvalue weighted by Crippen LogP contribution is -1.82. The number of hydrogen-bond acceptors (Lipinski definition) is 1. The molecule has 0 radical (unpaired) electrons. The van der Waals surface area contributed by atoms with Crippen LogP contribution in [0.3, 0.4) is 0 Å². The van der Waals surface area contributed by atoms with E-state index in [1.54, 1.807) is 6.20 Å². The fourth-order valence-electron chi connectivity index (χ4n) is 1.40. The zero-order chi connectivity index (χ0) is 12.7. The maximum absolute atomic E-state index is 6.07. The lowest BCUT2D eigenvalue weighted by molar-refractivity contribution is 1.12. The van der Waals surface area contributed by atoms with E-state index < -0.39 is 0 Å². The predicted molar refractivity (Wildman–Crippen MR) is 73.3 cm³/mol. The van der Waals surface area contributed by atoms with Crippen LogP contribution in [0.25, 0.3) is 10.9 Å². The first-order valence-corrected chi connectivity index (χ1v) is 6.16. The Morgan fingerprint density at radius 1 is 1.12 bits per heavy atom. The molecule has 2 aromatic rings. The Kier molecular flexibility index (Phi) is 6.82. The van der Waals surface area contributed by atoms with Crippen LogP contribution >= 0.6 is 11.6 Å². The highest BCUT2D eigenvalue weighted by Gasteiger charge is 2.05. The molecule has 2 nitrogen and oxygen atoms in total. The van der Waals surface area contributed by atoms with Crippen LogP contribution in [0.1, 0.15) is 38.8 Å². The number of rotatable bonds is 0. The first-order chi connectivity index (χ1) is 7.70. The van der Waals surface area contributed by atoms with E-state index in [9.17, 15) is 0 Å². The second-order valence-electron chi connectivity index (χ2n) is 2.96. The summed E-state index contributed by atoms with van der Waals surface area (Å²) in [5.41, 5.74) is 3.24. The fraction of sp³-hybridized carbons (Fsp3) is 0.462. The van der Waals surface area contributed by atoms with Crippen molar-refractivity contribution in [2.45, 2.75) is 41.5 Å². The molecule has 1 aromatic carbocycles. The Morgan fingerprint density at radius 2 is 1.69 bits per heavy atom. The van der Waals surface area contributed by atoms with Gasteiger partial charge in [-0.25, -0.2) is 0 Å². The number of benzene rings is 1. The van der Waals surface area contributed by atoms with E-state index in [1.165, 1.54) is 0 Å². The number of aromatic nitrogens is 2. The smallest absolute Gasteiger partial charge is 0.0656 e. The van der Waals surface area contributed by atoms with Crippen molar-refractivity contribution < 1.29 is 0 Å². The van der Waals surface area contributed by atoms with Gasteiger partial charge in [-0.3, -0.25) is 5.10 Å². The van der Waals surface area contributed by atoms with Gasteiger partial charge >= 0.3 is 0 Å². The van der Waals surface area contributed by atoms with Crippen molar-refractivity contribution in [1.82, 2.24) is 10.2 Å². The Bertz CT molecular complexity index is 433. The first kappa shape index (κ1) is 15.0. The van der Waals surface area contributed by atoms with Crippen molar-refractivity contribution in [2.75, 3.05) is 0 Å². The van der Waals surface area contributed by atoms with Crippen LogP contribution in [0.15, 0.2) is 12.3 Å². The summed E-state index contributed by atoms with van der Waals surface area (Å²) >= 11 is 6.07. The SMILES string of the molecule is CC.CC.Cc1cc2[nH]ncc2c(C)c1Cl. The van der Waals surface area contributed by atoms with Gasteiger partial charge in [-0.05, 0) is 31.0 Å². The summed E-state index contributed by atoms with van der Waals surface area (Å²) in [6.07, 6.45) is 1.80. The van der Waals surface area contributed by atoms with E-state index in [-0.39, 0.29) is 0 Å². The molecule has 0 amide bonds. The van der Waals surface area contributed by atoms with Crippen LogP contribution in [-0.4, -0.2) is 10.2 Å². The molecule has 90 valence electrons. The van der Waals surface area contributed by atoms with E-state index in [0.717, 1.165) is 27.1 Å². The Hall–Kier alpha value is -1.02. The van der Waals surface area contributed by atoms with E-state index in [1.807, 2.05) is 47.6 Å². The molecule has 2 rings (SSSR count). The predicted octanol–water partition coefficient (Wildman–Crippen LogP) is 4.89. The quantitative estimate of drug-likeness (QED) is 0.698. The van der Waals surface area contributed by atoms with Crippen molar-refractivity contribution in [3.8, 4) is 0 Å². The normalized spacial score (nSPS) is 8.94. The van der Waals surface area contributed by atoms with Gasteiger partial charge < -0.3 is 0 Å². The van der Waals surface area contributed by atoms with Crippen LogP contribution in [-0.2, 0) is 0 Å². The van der Waals surface area contributed by atoms with Crippen molar-refractivity contribution in [2.24, 2.45) is 0 Å². The Morgan fingerprint density at radius 3 is 2.25 bits per heavy atom. The molecule has 0 fully saturated rings. The van der Waals surface area contributed by atoms with Crippen LogP contribution in [0.4, 0.5) is 0 Å². The summed E-state index contributed by atoms with van der Waals surface area (Å²) in [6.45, 7) is 12.0. The van der Waals surface area contributed by atoms with Crippen molar-refractivity contribution >= 4 is 22.5 Å². The van der Waals surface area contributed by atoms with Gasteiger partial charge in [0.15, 0.2) is 0 Å². The number of halogens is 1. The summed E-state index contributed by atoms with van der Waals surface area (Å²) in [7, 11) is 0. The van der Waals surface area contributed by atoms with Gasteiger partial charge in [0.25, 0.3) is 0 Å². The third-order valence-electron chi connectivity index (χ3n) is 2.11. The van der Waals surface area contributed by atoms with E-state index >= 15 is 0 Å². The zero-order valence-electron chi connectivity index (χ0n) is 11.0. The lowest BCUT2D eigenvalue weighted by atomic mass is 10.1. The number of nitrogens with one attached hydrogen (secondary N) is 1. The van der Waals surface area contributed by atoms with Crippen LogP contribution in [0.2, 0.25) is 5.02 Å². The van der Waals surface area contributed by atoms with E-state index in [0.29, 0.717) is 0 Å². The largest absolute Gasteiger partial charge is 0.278 e. The summed E-state index contributed by atoms with van der Waals surface area (Å²) < 4.78 is 0. The molecule has 16 heavy (non-hydrogen) atoms. The van der Waals surface area contributed by atoms with Gasteiger partial charge in [0.1, 0.15) is 0 Å². The van der Waals surface area contributed by atoms with Gasteiger partial charge in [0, 0.05) is 10.4 Å². The maximum Gasteiger partial charge on any atom is 0.0656 e. The van der Waals surface area contributed by atoms with Gasteiger partial charge in [0.05, 0.1) is 11.7 Å². The molecule has 1 heterocycles. The van der Waals surface area contributed by atoms with E-state index in [4.69, 9.17) is 11.6 Å². The van der Waals surface area contributed by atoms with Gasteiger partial charge in [-0.2, -0.15) is 5.10 Å².